The normalized spacial score (nSPS) is 12.2. The first-order valence-electron chi connectivity index (χ1n) is 7.99. The first-order valence-corrected chi connectivity index (χ1v) is 7.99. The lowest BCUT2D eigenvalue weighted by Gasteiger charge is -2.17. The zero-order valence-electron chi connectivity index (χ0n) is 14.0. The second-order valence-corrected chi connectivity index (χ2v) is 5.78. The molecule has 4 aromatic heterocycles. The largest absolute Gasteiger partial charge is 0.363 e. The van der Waals surface area contributed by atoms with Crippen LogP contribution in [-0.2, 0) is 7.05 Å². The summed E-state index contributed by atoms with van der Waals surface area (Å²) >= 11 is 0. The highest BCUT2D eigenvalue weighted by atomic mass is 15.3. The number of nitrogens with zero attached hydrogens (tertiary/aromatic N) is 6. The van der Waals surface area contributed by atoms with E-state index in [2.05, 4.69) is 32.3 Å². The van der Waals surface area contributed by atoms with E-state index in [0.717, 1.165) is 28.0 Å². The third kappa shape index (κ3) is 2.91. The van der Waals surface area contributed by atoms with E-state index >= 15 is 0 Å². The minimum absolute atomic E-state index is 0.0775. The van der Waals surface area contributed by atoms with Gasteiger partial charge in [-0.2, -0.15) is 5.10 Å². The van der Waals surface area contributed by atoms with E-state index in [1.54, 1.807) is 35.7 Å². The number of hydrogen-bond donors (Lipinski definition) is 1. The lowest BCUT2D eigenvalue weighted by atomic mass is 10.1. The molecular formula is C18H17N7. The van der Waals surface area contributed by atoms with Crippen LogP contribution in [0.4, 0.5) is 5.82 Å². The Labute approximate surface area is 144 Å². The van der Waals surface area contributed by atoms with Crippen molar-refractivity contribution in [3.8, 4) is 11.5 Å². The topological polar surface area (TPSA) is 81.4 Å². The molecule has 4 heterocycles. The average Bonchev–Trinajstić information content (AvgIpc) is 3.08. The predicted molar refractivity (Wildman–Crippen MR) is 95.8 cm³/mol. The molecule has 4 rings (SSSR count). The van der Waals surface area contributed by atoms with Crippen LogP contribution in [0, 0.1) is 0 Å². The van der Waals surface area contributed by atoms with Gasteiger partial charge >= 0.3 is 0 Å². The zero-order chi connectivity index (χ0) is 17.2. The van der Waals surface area contributed by atoms with E-state index < -0.39 is 0 Å². The van der Waals surface area contributed by atoms with Crippen LogP contribution in [0.2, 0.25) is 0 Å². The minimum Gasteiger partial charge on any atom is -0.363 e. The zero-order valence-corrected chi connectivity index (χ0v) is 14.0. The minimum atomic E-state index is 0.0775. The molecule has 0 radical (unpaired) electrons. The van der Waals surface area contributed by atoms with Gasteiger partial charge in [-0.1, -0.05) is 0 Å². The summed E-state index contributed by atoms with van der Waals surface area (Å²) in [7, 11) is 1.87. The standard InChI is InChI=1S/C18H17N7/c1-12(13-3-7-19-8-4-13)22-17-14-5-9-20-11-15(14)23-18(24-17)16-6-10-21-25(16)2/h3-12H,1-2H3,(H,22,23,24). The molecule has 4 aromatic rings. The van der Waals surface area contributed by atoms with Gasteiger partial charge in [-0.3, -0.25) is 14.6 Å². The van der Waals surface area contributed by atoms with Gasteiger partial charge in [0.25, 0.3) is 0 Å². The van der Waals surface area contributed by atoms with Crippen LogP contribution in [0.25, 0.3) is 22.4 Å². The molecule has 0 aliphatic heterocycles. The van der Waals surface area contributed by atoms with Gasteiger partial charge in [0.05, 0.1) is 17.8 Å². The number of nitrogens with one attached hydrogen (secondary N) is 1. The summed E-state index contributed by atoms with van der Waals surface area (Å²) in [6, 6.07) is 7.88. The number of pyridine rings is 2. The Balaban J connectivity index is 1.80. The molecule has 0 spiro atoms. The van der Waals surface area contributed by atoms with E-state index in [0.29, 0.717) is 5.82 Å². The molecule has 0 aliphatic carbocycles. The van der Waals surface area contributed by atoms with E-state index in [1.165, 1.54) is 0 Å². The Hall–Kier alpha value is -3.35. The number of anilines is 1. The number of fused-ring (bicyclic) bond motifs is 1. The van der Waals surface area contributed by atoms with Crippen molar-refractivity contribution in [1.82, 2.24) is 29.7 Å². The van der Waals surface area contributed by atoms with Crippen LogP contribution in [0.1, 0.15) is 18.5 Å². The summed E-state index contributed by atoms with van der Waals surface area (Å²) in [6.07, 6.45) is 8.81. The Kier molecular flexibility index (Phi) is 3.81. The Morgan fingerprint density at radius 3 is 2.52 bits per heavy atom. The molecule has 0 aromatic carbocycles. The van der Waals surface area contributed by atoms with Crippen molar-refractivity contribution in [3.63, 3.8) is 0 Å². The summed E-state index contributed by atoms with van der Waals surface area (Å²) in [6.45, 7) is 2.09. The molecule has 0 fully saturated rings. The molecule has 7 heteroatoms. The first kappa shape index (κ1) is 15.2. The summed E-state index contributed by atoms with van der Waals surface area (Å²) < 4.78 is 1.76. The molecule has 0 bridgehead atoms. The van der Waals surface area contributed by atoms with Gasteiger partial charge in [-0.25, -0.2) is 9.97 Å². The SMILES string of the molecule is CC(Nc1nc(-c2ccnn2C)nc2cnccc12)c1ccncc1. The molecule has 1 atom stereocenters. The highest BCUT2D eigenvalue weighted by Crippen LogP contribution is 2.27. The van der Waals surface area contributed by atoms with Gasteiger partial charge in [-0.15, -0.1) is 0 Å². The lowest BCUT2D eigenvalue weighted by molar-refractivity contribution is 0.770. The second-order valence-electron chi connectivity index (χ2n) is 5.78. The molecule has 0 saturated heterocycles. The molecule has 1 unspecified atom stereocenters. The van der Waals surface area contributed by atoms with Crippen LogP contribution in [0.3, 0.4) is 0 Å². The fourth-order valence-electron chi connectivity index (χ4n) is 2.74. The smallest absolute Gasteiger partial charge is 0.180 e. The fraction of sp³-hybridized carbons (Fsp3) is 0.167. The van der Waals surface area contributed by atoms with Crippen molar-refractivity contribution in [1.29, 1.82) is 0 Å². The predicted octanol–water partition coefficient (Wildman–Crippen LogP) is 2.99. The van der Waals surface area contributed by atoms with Crippen LogP contribution in [0.5, 0.6) is 0 Å². The fourth-order valence-corrected chi connectivity index (χ4v) is 2.74. The maximum absolute atomic E-state index is 4.74. The van der Waals surface area contributed by atoms with Crippen molar-refractivity contribution < 1.29 is 0 Å². The third-order valence-electron chi connectivity index (χ3n) is 4.11. The monoisotopic (exact) mass is 331 g/mol. The molecular weight excluding hydrogens is 314 g/mol. The van der Waals surface area contributed by atoms with Gasteiger partial charge in [0.15, 0.2) is 5.82 Å². The molecule has 124 valence electrons. The molecule has 0 saturated carbocycles. The molecule has 0 amide bonds. The van der Waals surface area contributed by atoms with E-state index in [9.17, 15) is 0 Å². The summed E-state index contributed by atoms with van der Waals surface area (Å²) in [5, 5.41) is 8.62. The highest BCUT2D eigenvalue weighted by Gasteiger charge is 2.14. The lowest BCUT2D eigenvalue weighted by Crippen LogP contribution is -2.10. The molecule has 7 nitrogen and oxygen atoms in total. The van der Waals surface area contributed by atoms with Crippen molar-refractivity contribution in [2.24, 2.45) is 7.05 Å². The first-order chi connectivity index (χ1) is 12.2. The van der Waals surface area contributed by atoms with Crippen molar-refractivity contribution in [2.45, 2.75) is 13.0 Å². The number of hydrogen-bond acceptors (Lipinski definition) is 6. The summed E-state index contributed by atoms with van der Waals surface area (Å²) in [5.74, 6) is 1.39. The second kappa shape index (κ2) is 6.27. The van der Waals surface area contributed by atoms with Crippen LogP contribution in [0.15, 0.2) is 55.2 Å². The molecule has 1 N–H and O–H groups in total. The summed E-state index contributed by atoms with van der Waals surface area (Å²) in [4.78, 5) is 17.6. The van der Waals surface area contributed by atoms with Crippen molar-refractivity contribution >= 4 is 16.7 Å². The van der Waals surface area contributed by atoms with Gasteiger partial charge in [0.1, 0.15) is 11.5 Å². The van der Waals surface area contributed by atoms with Gasteiger partial charge in [0, 0.05) is 37.2 Å². The highest BCUT2D eigenvalue weighted by molar-refractivity contribution is 5.89. The molecule has 0 aliphatic rings. The molecule has 25 heavy (non-hydrogen) atoms. The van der Waals surface area contributed by atoms with Crippen LogP contribution in [-0.4, -0.2) is 29.7 Å². The number of aryl methyl sites for hydroxylation is 1. The van der Waals surface area contributed by atoms with Gasteiger partial charge in [-0.05, 0) is 36.8 Å². The summed E-state index contributed by atoms with van der Waals surface area (Å²) in [5.41, 5.74) is 2.78. The Bertz CT molecular complexity index is 1010. The maximum atomic E-state index is 4.74. The van der Waals surface area contributed by atoms with Gasteiger partial charge < -0.3 is 5.32 Å². The van der Waals surface area contributed by atoms with E-state index in [1.807, 2.05) is 31.3 Å². The maximum Gasteiger partial charge on any atom is 0.180 e. The Morgan fingerprint density at radius 2 is 1.76 bits per heavy atom. The number of aromatic nitrogens is 6. The Morgan fingerprint density at radius 1 is 0.960 bits per heavy atom. The third-order valence-corrected chi connectivity index (χ3v) is 4.11. The number of rotatable bonds is 4. The van der Waals surface area contributed by atoms with E-state index in [-0.39, 0.29) is 6.04 Å². The quantitative estimate of drug-likeness (QED) is 0.619. The van der Waals surface area contributed by atoms with Crippen molar-refractivity contribution in [3.05, 3.63) is 60.8 Å². The van der Waals surface area contributed by atoms with Crippen LogP contribution < -0.4 is 5.32 Å². The van der Waals surface area contributed by atoms with Crippen molar-refractivity contribution in [2.75, 3.05) is 5.32 Å². The van der Waals surface area contributed by atoms with E-state index in [4.69, 9.17) is 4.98 Å². The van der Waals surface area contributed by atoms with Gasteiger partial charge in [0.2, 0.25) is 0 Å². The van der Waals surface area contributed by atoms with Crippen LogP contribution >= 0.6 is 0 Å². The average molecular weight is 331 g/mol.